The first-order valence-corrected chi connectivity index (χ1v) is 12.1. The maximum Gasteiger partial charge on any atom is 0.338 e. The summed E-state index contributed by atoms with van der Waals surface area (Å²) in [7, 11) is 4.72. The van der Waals surface area contributed by atoms with Gasteiger partial charge in [-0.05, 0) is 38.5 Å². The summed E-state index contributed by atoms with van der Waals surface area (Å²) in [5.74, 6) is 0.541. The third-order valence-electron chi connectivity index (χ3n) is 6.26. The number of nitrogens with one attached hydrogen (secondary N) is 2. The Morgan fingerprint density at radius 2 is 1.78 bits per heavy atom. The molecule has 11 heteroatoms. The first-order valence-electron chi connectivity index (χ1n) is 12.1. The second kappa shape index (κ2) is 12.0. The number of carbonyl (C=O) groups is 3. The Kier molecular flexibility index (Phi) is 9.03. The zero-order chi connectivity index (χ0) is 26.4. The van der Waals surface area contributed by atoms with Gasteiger partial charge in [-0.1, -0.05) is 6.07 Å². The van der Waals surface area contributed by atoms with Crippen molar-refractivity contribution in [1.82, 2.24) is 25.3 Å². The predicted octanol–water partition coefficient (Wildman–Crippen LogP) is 1.95. The summed E-state index contributed by atoms with van der Waals surface area (Å²) in [4.78, 5) is 43.9. The van der Waals surface area contributed by atoms with Gasteiger partial charge in [-0.2, -0.15) is 0 Å². The third-order valence-corrected chi connectivity index (χ3v) is 6.26. The van der Waals surface area contributed by atoms with Gasteiger partial charge in [-0.15, -0.1) is 0 Å². The first-order chi connectivity index (χ1) is 17.2. The Morgan fingerprint density at radius 3 is 2.36 bits per heavy atom. The van der Waals surface area contributed by atoms with E-state index in [1.165, 1.54) is 12.0 Å². The van der Waals surface area contributed by atoms with Crippen LogP contribution in [0.1, 0.15) is 32.4 Å². The lowest BCUT2D eigenvalue weighted by molar-refractivity contribution is -0.139. The fourth-order valence-electron chi connectivity index (χ4n) is 4.34. The van der Waals surface area contributed by atoms with Crippen molar-refractivity contribution in [3.05, 3.63) is 35.0 Å². The fraction of sp³-hybridized carbons (Fsp3) is 0.560. The number of hydrogen-bond donors (Lipinski definition) is 2. The monoisotopic (exact) mass is 503 g/mol. The van der Waals surface area contributed by atoms with E-state index in [1.807, 2.05) is 13.8 Å². The molecule has 1 saturated heterocycles. The maximum atomic E-state index is 13.2. The lowest BCUT2D eigenvalue weighted by Gasteiger charge is -2.39. The van der Waals surface area contributed by atoms with Crippen LogP contribution in [-0.4, -0.2) is 99.4 Å². The molecule has 0 saturated carbocycles. The number of rotatable bonds is 8. The molecule has 0 unspecified atom stereocenters. The summed E-state index contributed by atoms with van der Waals surface area (Å²) in [5.41, 5.74) is 1.60. The number of piperazine rings is 1. The van der Waals surface area contributed by atoms with Gasteiger partial charge in [0.05, 0.1) is 32.4 Å². The number of urea groups is 2. The van der Waals surface area contributed by atoms with Crippen molar-refractivity contribution in [2.24, 2.45) is 0 Å². The number of carbonyl (C=O) groups excluding carboxylic acids is 3. The predicted molar refractivity (Wildman–Crippen MR) is 134 cm³/mol. The summed E-state index contributed by atoms with van der Waals surface area (Å²) in [5, 5.41) is 5.84. The molecule has 0 aromatic heterocycles. The topological polar surface area (TPSA) is 113 Å². The lowest BCUT2D eigenvalue weighted by atomic mass is 9.94. The summed E-state index contributed by atoms with van der Waals surface area (Å²) >= 11 is 0. The van der Waals surface area contributed by atoms with Crippen LogP contribution in [0.25, 0.3) is 0 Å². The van der Waals surface area contributed by atoms with Gasteiger partial charge in [0.2, 0.25) is 0 Å². The zero-order valence-corrected chi connectivity index (χ0v) is 21.9. The van der Waals surface area contributed by atoms with E-state index in [9.17, 15) is 14.4 Å². The Morgan fingerprint density at radius 1 is 1.11 bits per heavy atom. The van der Waals surface area contributed by atoms with Crippen molar-refractivity contribution in [2.75, 3.05) is 60.6 Å². The highest BCUT2D eigenvalue weighted by atomic mass is 16.5. The standard InChI is InChI=1S/C25H37N5O6/c1-7-36-23(31)21-18(15-29-10-12-30(13-11-29)25(33)26-16(2)3)28(4)24(32)27-22(21)17-8-9-19(34-5)20(14-17)35-6/h8-9,14,16,22H,7,10-13,15H2,1-6H3,(H,26,33)(H,27,32)/t22-/m0/s1. The smallest absolute Gasteiger partial charge is 0.338 e. The van der Waals surface area contributed by atoms with Crippen molar-refractivity contribution >= 4 is 18.0 Å². The van der Waals surface area contributed by atoms with Gasteiger partial charge in [0, 0.05) is 51.5 Å². The van der Waals surface area contributed by atoms with Gasteiger partial charge in [0.25, 0.3) is 0 Å². The average Bonchev–Trinajstić information content (AvgIpc) is 2.86. The summed E-state index contributed by atoms with van der Waals surface area (Å²) in [6.45, 7) is 8.49. The van der Waals surface area contributed by atoms with Crippen LogP contribution in [0.2, 0.25) is 0 Å². The summed E-state index contributed by atoms with van der Waals surface area (Å²) in [6, 6.07) is 4.21. The Labute approximate surface area is 212 Å². The van der Waals surface area contributed by atoms with E-state index in [1.54, 1.807) is 44.2 Å². The van der Waals surface area contributed by atoms with Gasteiger partial charge in [0.1, 0.15) is 0 Å². The molecule has 3 rings (SSSR count). The molecule has 11 nitrogen and oxygen atoms in total. The lowest BCUT2D eigenvalue weighted by Crippen LogP contribution is -2.55. The van der Waals surface area contributed by atoms with E-state index in [2.05, 4.69) is 15.5 Å². The van der Waals surface area contributed by atoms with Crippen molar-refractivity contribution in [2.45, 2.75) is 32.9 Å². The van der Waals surface area contributed by atoms with Crippen LogP contribution >= 0.6 is 0 Å². The second-order valence-electron chi connectivity index (χ2n) is 9.00. The number of ether oxygens (including phenoxy) is 3. The maximum absolute atomic E-state index is 13.2. The number of hydrogen-bond acceptors (Lipinski definition) is 7. The molecular weight excluding hydrogens is 466 g/mol. The minimum absolute atomic E-state index is 0.0655. The van der Waals surface area contributed by atoms with Crippen molar-refractivity contribution in [3.63, 3.8) is 0 Å². The van der Waals surface area contributed by atoms with Crippen LogP contribution in [0.3, 0.4) is 0 Å². The number of benzene rings is 1. The van der Waals surface area contributed by atoms with Gasteiger partial charge in [-0.3, -0.25) is 9.80 Å². The van der Waals surface area contributed by atoms with Crippen LogP contribution < -0.4 is 20.1 Å². The van der Waals surface area contributed by atoms with E-state index >= 15 is 0 Å². The van der Waals surface area contributed by atoms with Crippen LogP contribution in [0, 0.1) is 0 Å². The van der Waals surface area contributed by atoms with Crippen LogP contribution in [-0.2, 0) is 9.53 Å². The minimum Gasteiger partial charge on any atom is -0.493 e. The highest BCUT2D eigenvalue weighted by Gasteiger charge is 2.38. The van der Waals surface area contributed by atoms with E-state index in [-0.39, 0.29) is 24.7 Å². The Bertz CT molecular complexity index is 1000. The number of esters is 1. The first kappa shape index (κ1) is 27.1. The minimum atomic E-state index is -0.722. The molecule has 1 fully saturated rings. The molecule has 2 aliphatic rings. The van der Waals surface area contributed by atoms with Crippen molar-refractivity contribution in [3.8, 4) is 11.5 Å². The summed E-state index contributed by atoms with van der Waals surface area (Å²) in [6.07, 6.45) is 0. The van der Waals surface area contributed by atoms with E-state index in [0.29, 0.717) is 61.1 Å². The molecule has 0 radical (unpaired) electrons. The van der Waals surface area contributed by atoms with Gasteiger partial charge >= 0.3 is 18.0 Å². The molecular formula is C25H37N5O6. The third kappa shape index (κ3) is 6.01. The molecule has 2 aliphatic heterocycles. The summed E-state index contributed by atoms with van der Waals surface area (Å²) < 4.78 is 16.2. The number of amides is 4. The van der Waals surface area contributed by atoms with Gasteiger partial charge in [0.15, 0.2) is 11.5 Å². The van der Waals surface area contributed by atoms with Crippen LogP contribution in [0.4, 0.5) is 9.59 Å². The van der Waals surface area contributed by atoms with Crippen molar-refractivity contribution < 1.29 is 28.6 Å². The zero-order valence-electron chi connectivity index (χ0n) is 21.9. The molecule has 0 aliphatic carbocycles. The molecule has 2 heterocycles. The molecule has 1 aromatic rings. The molecule has 1 aromatic carbocycles. The normalized spacial score (nSPS) is 18.8. The van der Waals surface area contributed by atoms with Crippen LogP contribution in [0.15, 0.2) is 29.5 Å². The molecule has 4 amide bonds. The molecule has 2 N–H and O–H groups in total. The van der Waals surface area contributed by atoms with Gasteiger partial charge < -0.3 is 29.7 Å². The molecule has 198 valence electrons. The fourth-order valence-corrected chi connectivity index (χ4v) is 4.34. The highest BCUT2D eigenvalue weighted by Crippen LogP contribution is 2.36. The average molecular weight is 504 g/mol. The number of methoxy groups -OCH3 is 2. The second-order valence-corrected chi connectivity index (χ2v) is 9.00. The molecule has 1 atom stereocenters. The Hall–Kier alpha value is -3.47. The quantitative estimate of drug-likeness (QED) is 0.522. The SMILES string of the molecule is CCOC(=O)C1=C(CN2CCN(C(=O)NC(C)C)CC2)N(C)C(=O)N[C@H]1c1ccc(OC)c(OC)c1. The van der Waals surface area contributed by atoms with E-state index < -0.39 is 12.0 Å². The molecule has 0 bridgehead atoms. The largest absolute Gasteiger partial charge is 0.493 e. The number of likely N-dealkylation sites (N-methyl/N-ethyl adjacent to an activating group) is 1. The highest BCUT2D eigenvalue weighted by molar-refractivity contribution is 5.95. The van der Waals surface area contributed by atoms with E-state index in [0.717, 1.165) is 0 Å². The molecule has 0 spiro atoms. The van der Waals surface area contributed by atoms with Crippen LogP contribution in [0.5, 0.6) is 11.5 Å². The van der Waals surface area contributed by atoms with Gasteiger partial charge in [-0.25, -0.2) is 14.4 Å². The molecule has 36 heavy (non-hydrogen) atoms. The Balaban J connectivity index is 1.92. The number of nitrogens with zero attached hydrogens (tertiary/aromatic N) is 3. The van der Waals surface area contributed by atoms with E-state index in [4.69, 9.17) is 14.2 Å². The van der Waals surface area contributed by atoms with Crippen molar-refractivity contribution in [1.29, 1.82) is 0 Å².